The van der Waals surface area contributed by atoms with E-state index in [0.29, 0.717) is 17.0 Å². The first kappa shape index (κ1) is 17.5. The zero-order valence-electron chi connectivity index (χ0n) is 14.3. The lowest BCUT2D eigenvalue weighted by molar-refractivity contribution is -0.121. The number of carbonyl (C=O) groups excluding carboxylic acids is 1. The summed E-state index contributed by atoms with van der Waals surface area (Å²) in [5.41, 5.74) is 0. The van der Waals surface area contributed by atoms with E-state index in [1.54, 1.807) is 11.3 Å². The number of amides is 1. The van der Waals surface area contributed by atoms with Crippen molar-refractivity contribution < 1.29 is 4.79 Å². The fourth-order valence-corrected chi connectivity index (χ4v) is 4.52. The Balaban J connectivity index is 1.56. The van der Waals surface area contributed by atoms with Crippen molar-refractivity contribution in [3.8, 4) is 10.7 Å². The Kier molecular flexibility index (Phi) is 5.61. The number of carbonyl (C=O) groups is 1. The van der Waals surface area contributed by atoms with Gasteiger partial charge in [-0.2, -0.15) is 0 Å². The molecule has 1 saturated carbocycles. The standard InChI is InChI=1S/C17H24N4OS2/c1-10-6-4-7-13(11(10)2)18-16(22)12(3)24-17-19-15(20-21-17)14-8-5-9-23-14/h5,8-13H,4,6-7H2,1-3H3,(H,18,22)(H,19,20,21)/t10-,11-,12-,13+/m1/s1. The highest BCUT2D eigenvalue weighted by atomic mass is 32.2. The van der Waals surface area contributed by atoms with Gasteiger partial charge in [-0.25, -0.2) is 4.98 Å². The molecule has 130 valence electrons. The summed E-state index contributed by atoms with van der Waals surface area (Å²) in [7, 11) is 0. The maximum Gasteiger partial charge on any atom is 0.233 e. The van der Waals surface area contributed by atoms with Crippen LogP contribution in [0.3, 0.4) is 0 Å². The van der Waals surface area contributed by atoms with Crippen LogP contribution in [0.15, 0.2) is 22.7 Å². The number of hydrogen-bond donors (Lipinski definition) is 2. The Hall–Kier alpha value is -1.34. The number of thiophene rings is 1. The van der Waals surface area contributed by atoms with Crippen molar-refractivity contribution in [3.05, 3.63) is 17.5 Å². The third-order valence-corrected chi connectivity index (χ3v) is 6.74. The third-order valence-electron chi connectivity index (χ3n) is 4.91. The van der Waals surface area contributed by atoms with E-state index >= 15 is 0 Å². The fraction of sp³-hybridized carbons (Fsp3) is 0.588. The highest BCUT2D eigenvalue weighted by Crippen LogP contribution is 2.30. The number of nitrogens with one attached hydrogen (secondary N) is 2. The first-order valence-electron chi connectivity index (χ1n) is 8.48. The second-order valence-corrected chi connectivity index (χ2v) is 8.84. The van der Waals surface area contributed by atoms with E-state index in [1.165, 1.54) is 24.6 Å². The molecule has 0 bridgehead atoms. The van der Waals surface area contributed by atoms with Crippen LogP contribution in [0.2, 0.25) is 0 Å². The molecular formula is C17H24N4OS2. The molecule has 0 saturated heterocycles. The van der Waals surface area contributed by atoms with Crippen LogP contribution in [0, 0.1) is 11.8 Å². The second kappa shape index (κ2) is 7.70. The van der Waals surface area contributed by atoms with Crippen molar-refractivity contribution >= 4 is 29.0 Å². The van der Waals surface area contributed by atoms with Gasteiger partial charge in [0, 0.05) is 6.04 Å². The van der Waals surface area contributed by atoms with Crippen LogP contribution in [0.5, 0.6) is 0 Å². The van der Waals surface area contributed by atoms with Crippen LogP contribution in [0.4, 0.5) is 0 Å². The molecule has 2 heterocycles. The predicted octanol–water partition coefficient (Wildman–Crippen LogP) is 3.95. The van der Waals surface area contributed by atoms with Gasteiger partial charge in [0.15, 0.2) is 5.82 Å². The molecule has 0 aliphatic heterocycles. The van der Waals surface area contributed by atoms with E-state index in [-0.39, 0.29) is 17.2 Å². The highest BCUT2D eigenvalue weighted by molar-refractivity contribution is 8.00. The lowest BCUT2D eigenvalue weighted by Gasteiger charge is -2.35. The summed E-state index contributed by atoms with van der Waals surface area (Å²) in [6.45, 7) is 6.44. The fourth-order valence-electron chi connectivity index (χ4n) is 3.12. The molecule has 0 unspecified atom stereocenters. The third kappa shape index (κ3) is 4.00. The molecule has 7 heteroatoms. The molecule has 1 amide bonds. The SMILES string of the molecule is C[C@@H]1[C@H](C)CCC[C@@H]1NC(=O)[C@@H](C)Sc1n[nH]c(-c2cccs2)n1. The van der Waals surface area contributed by atoms with Crippen molar-refractivity contribution in [2.75, 3.05) is 0 Å². The summed E-state index contributed by atoms with van der Waals surface area (Å²) < 4.78 is 0. The number of aromatic nitrogens is 3. The number of thioether (sulfide) groups is 1. The zero-order chi connectivity index (χ0) is 17.1. The van der Waals surface area contributed by atoms with E-state index in [1.807, 2.05) is 24.4 Å². The summed E-state index contributed by atoms with van der Waals surface area (Å²) in [5, 5.41) is 12.8. The van der Waals surface area contributed by atoms with E-state index in [4.69, 9.17) is 0 Å². The Morgan fingerprint density at radius 3 is 3.04 bits per heavy atom. The summed E-state index contributed by atoms with van der Waals surface area (Å²) in [6.07, 6.45) is 3.54. The Bertz CT molecular complexity index is 670. The van der Waals surface area contributed by atoms with Crippen LogP contribution < -0.4 is 5.32 Å². The molecule has 1 aliphatic carbocycles. The molecule has 1 fully saturated rings. The Labute approximate surface area is 151 Å². The summed E-state index contributed by atoms with van der Waals surface area (Å²) >= 11 is 3.02. The summed E-state index contributed by atoms with van der Waals surface area (Å²) in [5.74, 6) is 2.05. The monoisotopic (exact) mass is 364 g/mol. The molecule has 2 N–H and O–H groups in total. The van der Waals surface area contributed by atoms with Crippen molar-refractivity contribution in [2.24, 2.45) is 11.8 Å². The molecule has 2 aromatic rings. The molecule has 3 rings (SSSR count). The molecule has 0 radical (unpaired) electrons. The first-order valence-corrected chi connectivity index (χ1v) is 10.2. The van der Waals surface area contributed by atoms with Crippen molar-refractivity contribution in [1.82, 2.24) is 20.5 Å². The second-order valence-electron chi connectivity index (χ2n) is 6.59. The summed E-state index contributed by atoms with van der Waals surface area (Å²) in [4.78, 5) is 18.0. The normalized spacial score (nSPS) is 25.4. The van der Waals surface area contributed by atoms with Crippen LogP contribution >= 0.6 is 23.1 Å². The number of hydrogen-bond acceptors (Lipinski definition) is 5. The van der Waals surface area contributed by atoms with Gasteiger partial charge in [0.2, 0.25) is 11.1 Å². The van der Waals surface area contributed by atoms with Gasteiger partial charge in [0.05, 0.1) is 10.1 Å². The van der Waals surface area contributed by atoms with Crippen LogP contribution in [-0.2, 0) is 4.79 Å². The zero-order valence-corrected chi connectivity index (χ0v) is 15.9. The van der Waals surface area contributed by atoms with Gasteiger partial charge in [-0.05, 0) is 36.6 Å². The van der Waals surface area contributed by atoms with E-state index in [2.05, 4.69) is 34.3 Å². The van der Waals surface area contributed by atoms with Gasteiger partial charge in [0.1, 0.15) is 0 Å². The van der Waals surface area contributed by atoms with Gasteiger partial charge < -0.3 is 5.32 Å². The number of nitrogens with zero attached hydrogens (tertiary/aromatic N) is 2. The molecule has 2 aromatic heterocycles. The maximum atomic E-state index is 12.5. The number of rotatable bonds is 5. The minimum Gasteiger partial charge on any atom is -0.352 e. The molecule has 1 aliphatic rings. The minimum absolute atomic E-state index is 0.0772. The predicted molar refractivity (Wildman–Crippen MR) is 99.1 cm³/mol. The molecule has 24 heavy (non-hydrogen) atoms. The average Bonchev–Trinajstić information content (AvgIpc) is 3.22. The average molecular weight is 365 g/mol. The minimum atomic E-state index is -0.207. The van der Waals surface area contributed by atoms with Crippen LogP contribution in [0.1, 0.15) is 40.0 Å². The first-order chi connectivity index (χ1) is 11.5. The highest BCUT2D eigenvalue weighted by Gasteiger charge is 2.29. The van der Waals surface area contributed by atoms with Crippen LogP contribution in [0.25, 0.3) is 10.7 Å². The Morgan fingerprint density at radius 2 is 2.29 bits per heavy atom. The van der Waals surface area contributed by atoms with E-state index in [9.17, 15) is 4.79 Å². The molecule has 4 atom stereocenters. The van der Waals surface area contributed by atoms with Gasteiger partial charge >= 0.3 is 0 Å². The molecule has 0 spiro atoms. The quantitative estimate of drug-likeness (QED) is 0.788. The van der Waals surface area contributed by atoms with Crippen LogP contribution in [-0.4, -0.2) is 32.4 Å². The molecular weight excluding hydrogens is 340 g/mol. The van der Waals surface area contributed by atoms with E-state index < -0.39 is 0 Å². The maximum absolute atomic E-state index is 12.5. The summed E-state index contributed by atoms with van der Waals surface area (Å²) in [6, 6.07) is 4.28. The van der Waals surface area contributed by atoms with Crippen molar-refractivity contribution in [1.29, 1.82) is 0 Å². The van der Waals surface area contributed by atoms with Crippen molar-refractivity contribution in [2.45, 2.75) is 56.5 Å². The topological polar surface area (TPSA) is 70.7 Å². The van der Waals surface area contributed by atoms with Crippen molar-refractivity contribution in [3.63, 3.8) is 0 Å². The lowest BCUT2D eigenvalue weighted by Crippen LogP contribution is -2.46. The van der Waals surface area contributed by atoms with Gasteiger partial charge in [-0.3, -0.25) is 9.89 Å². The smallest absolute Gasteiger partial charge is 0.233 e. The number of H-pyrrole nitrogens is 1. The lowest BCUT2D eigenvalue weighted by atomic mass is 9.78. The molecule has 5 nitrogen and oxygen atoms in total. The van der Waals surface area contributed by atoms with Gasteiger partial charge in [-0.15, -0.1) is 16.4 Å². The van der Waals surface area contributed by atoms with E-state index in [0.717, 1.165) is 17.1 Å². The number of aromatic amines is 1. The Morgan fingerprint density at radius 1 is 1.46 bits per heavy atom. The largest absolute Gasteiger partial charge is 0.352 e. The van der Waals surface area contributed by atoms with Gasteiger partial charge in [-0.1, -0.05) is 44.5 Å². The van der Waals surface area contributed by atoms with Gasteiger partial charge in [0.25, 0.3) is 0 Å². The molecule has 0 aromatic carbocycles.